The molecule has 8 nitrogen and oxygen atoms in total. The molecule has 0 spiro atoms. The van der Waals surface area contributed by atoms with E-state index in [0.29, 0.717) is 18.1 Å². The van der Waals surface area contributed by atoms with E-state index in [0.717, 1.165) is 38.2 Å². The van der Waals surface area contributed by atoms with Crippen molar-refractivity contribution in [1.82, 2.24) is 9.62 Å². The van der Waals surface area contributed by atoms with Gasteiger partial charge in [0.2, 0.25) is 10.0 Å². The lowest BCUT2D eigenvalue weighted by atomic mass is 10.1. The number of carbonyl (C=O) groups is 1. The van der Waals surface area contributed by atoms with Crippen LogP contribution in [0.15, 0.2) is 54.6 Å². The molecule has 1 heterocycles. The third kappa shape index (κ3) is 7.54. The maximum Gasteiger partial charge on any atom is 0.419 e. The highest BCUT2D eigenvalue weighted by Gasteiger charge is 2.21. The lowest BCUT2D eigenvalue weighted by molar-refractivity contribution is 0.170. The van der Waals surface area contributed by atoms with Crippen LogP contribution < -0.4 is 19.1 Å². The summed E-state index contributed by atoms with van der Waals surface area (Å²) in [5.74, 6) is 1.14. The minimum absolute atomic E-state index is 0.0170. The molecule has 0 saturated carbocycles. The maximum absolute atomic E-state index is 12.3. The zero-order valence-electron chi connectivity index (χ0n) is 17.9. The number of hydrogen-bond acceptors (Lipinski definition) is 6. The molecule has 0 unspecified atom stereocenters. The number of benzene rings is 2. The second-order valence-corrected chi connectivity index (χ2v) is 9.37. The van der Waals surface area contributed by atoms with Crippen LogP contribution >= 0.6 is 0 Å². The van der Waals surface area contributed by atoms with Crippen molar-refractivity contribution in [3.63, 3.8) is 0 Å². The van der Waals surface area contributed by atoms with Crippen molar-refractivity contribution in [2.24, 2.45) is 0 Å². The summed E-state index contributed by atoms with van der Waals surface area (Å²) in [7, 11) is -1.49. The highest BCUT2D eigenvalue weighted by Crippen LogP contribution is 2.20. The minimum atomic E-state index is -3.15. The van der Waals surface area contributed by atoms with Gasteiger partial charge >= 0.3 is 6.09 Å². The molecule has 1 fully saturated rings. The van der Waals surface area contributed by atoms with Gasteiger partial charge in [-0.25, -0.2) is 17.9 Å². The zero-order chi connectivity index (χ0) is 22.3. The number of nitrogens with one attached hydrogen (secondary N) is 1. The van der Waals surface area contributed by atoms with Gasteiger partial charge < -0.3 is 9.47 Å². The Hall–Kier alpha value is -2.62. The number of para-hydroxylation sites is 1. The van der Waals surface area contributed by atoms with E-state index in [-0.39, 0.29) is 6.04 Å². The van der Waals surface area contributed by atoms with Crippen LogP contribution in [-0.2, 0) is 10.0 Å². The lowest BCUT2D eigenvalue weighted by Crippen LogP contribution is -2.45. The molecule has 1 aliphatic rings. The molecule has 0 bridgehead atoms. The van der Waals surface area contributed by atoms with Crippen molar-refractivity contribution >= 4 is 21.8 Å². The number of ether oxygens (including phenoxy) is 2. The normalized spacial score (nSPS) is 15.4. The smallest absolute Gasteiger partial charge is 0.419 e. The number of hydrogen-bond donors (Lipinski definition) is 1. The van der Waals surface area contributed by atoms with E-state index in [1.54, 1.807) is 31.3 Å². The monoisotopic (exact) mass is 447 g/mol. The van der Waals surface area contributed by atoms with Crippen LogP contribution in [0.5, 0.6) is 11.5 Å². The third-order valence-corrected chi connectivity index (χ3v) is 5.85. The molecule has 1 aliphatic heterocycles. The number of sulfonamides is 1. The fraction of sp³-hybridized carbons (Fsp3) is 0.409. The first-order valence-corrected chi connectivity index (χ1v) is 12.1. The molecule has 31 heavy (non-hydrogen) atoms. The molecular formula is C22H29N3O5S. The van der Waals surface area contributed by atoms with Crippen LogP contribution in [0.1, 0.15) is 12.8 Å². The summed E-state index contributed by atoms with van der Waals surface area (Å²) in [4.78, 5) is 16.0. The van der Waals surface area contributed by atoms with E-state index in [2.05, 4.69) is 9.62 Å². The Morgan fingerprint density at radius 3 is 2.29 bits per heavy atom. The van der Waals surface area contributed by atoms with Gasteiger partial charge in [0.05, 0.1) is 6.26 Å². The first-order chi connectivity index (χ1) is 14.8. The molecule has 0 aromatic heterocycles. The highest BCUT2D eigenvalue weighted by atomic mass is 32.2. The highest BCUT2D eigenvalue weighted by molar-refractivity contribution is 7.88. The molecule has 1 N–H and O–H groups in total. The minimum Gasteiger partial charge on any atom is -0.492 e. The molecule has 3 rings (SSSR count). The Labute approximate surface area is 183 Å². The van der Waals surface area contributed by atoms with Crippen LogP contribution in [0.2, 0.25) is 0 Å². The number of rotatable bonds is 8. The van der Waals surface area contributed by atoms with Gasteiger partial charge in [-0.3, -0.25) is 9.80 Å². The van der Waals surface area contributed by atoms with Gasteiger partial charge in [-0.05, 0) is 62.3 Å². The number of amides is 1. The van der Waals surface area contributed by atoms with Crippen molar-refractivity contribution in [1.29, 1.82) is 0 Å². The van der Waals surface area contributed by atoms with Gasteiger partial charge in [-0.2, -0.15) is 0 Å². The van der Waals surface area contributed by atoms with E-state index >= 15 is 0 Å². The summed E-state index contributed by atoms with van der Waals surface area (Å²) in [6.45, 7) is 2.96. The molecule has 1 saturated heterocycles. The molecule has 0 atom stereocenters. The molecule has 2 aromatic carbocycles. The van der Waals surface area contributed by atoms with Crippen molar-refractivity contribution in [2.75, 3.05) is 44.4 Å². The van der Waals surface area contributed by atoms with Crippen molar-refractivity contribution in [3.8, 4) is 11.5 Å². The lowest BCUT2D eigenvalue weighted by Gasteiger charge is -2.31. The summed E-state index contributed by atoms with van der Waals surface area (Å²) in [5.41, 5.74) is 0.753. The Balaban J connectivity index is 1.39. The fourth-order valence-corrected chi connectivity index (χ4v) is 4.24. The Kier molecular flexibility index (Phi) is 7.89. The number of anilines is 1. The summed E-state index contributed by atoms with van der Waals surface area (Å²) in [5, 5.41) is 0. The average Bonchev–Trinajstić information content (AvgIpc) is 2.75. The van der Waals surface area contributed by atoms with E-state index < -0.39 is 16.1 Å². The van der Waals surface area contributed by atoms with Crippen LogP contribution in [-0.4, -0.2) is 65.0 Å². The van der Waals surface area contributed by atoms with E-state index in [4.69, 9.17) is 9.47 Å². The van der Waals surface area contributed by atoms with E-state index in [1.807, 2.05) is 30.3 Å². The van der Waals surface area contributed by atoms with E-state index in [9.17, 15) is 13.2 Å². The summed E-state index contributed by atoms with van der Waals surface area (Å²) in [6, 6.07) is 16.2. The number of carbonyl (C=O) groups excluding carboxylic acids is 1. The van der Waals surface area contributed by atoms with Crippen LogP contribution in [0.3, 0.4) is 0 Å². The van der Waals surface area contributed by atoms with Gasteiger partial charge in [-0.1, -0.05) is 18.2 Å². The van der Waals surface area contributed by atoms with Gasteiger partial charge in [0.15, 0.2) is 0 Å². The van der Waals surface area contributed by atoms with Crippen molar-refractivity contribution < 1.29 is 22.7 Å². The second-order valence-electron chi connectivity index (χ2n) is 7.59. The first kappa shape index (κ1) is 23.1. The van der Waals surface area contributed by atoms with Gasteiger partial charge in [0, 0.05) is 25.3 Å². The van der Waals surface area contributed by atoms with Crippen molar-refractivity contribution in [3.05, 3.63) is 54.6 Å². The van der Waals surface area contributed by atoms with Gasteiger partial charge in [0.1, 0.15) is 18.1 Å². The van der Waals surface area contributed by atoms with Crippen LogP contribution in [0, 0.1) is 0 Å². The zero-order valence-corrected chi connectivity index (χ0v) is 18.7. The number of nitrogens with zero attached hydrogens (tertiary/aromatic N) is 2. The Morgan fingerprint density at radius 1 is 1.06 bits per heavy atom. The predicted molar refractivity (Wildman–Crippen MR) is 120 cm³/mol. The first-order valence-electron chi connectivity index (χ1n) is 10.2. The Morgan fingerprint density at radius 2 is 1.68 bits per heavy atom. The predicted octanol–water partition coefficient (Wildman–Crippen LogP) is 2.71. The number of piperidine rings is 1. The molecule has 0 aliphatic carbocycles. The summed E-state index contributed by atoms with van der Waals surface area (Å²) >= 11 is 0. The van der Waals surface area contributed by atoms with Crippen LogP contribution in [0.25, 0.3) is 0 Å². The van der Waals surface area contributed by atoms with Gasteiger partial charge in [-0.15, -0.1) is 0 Å². The SMILES string of the molecule is CN(C(=O)Oc1ccc(OCCN2CCC(NS(C)(=O)=O)CC2)cc1)c1ccccc1. The fourth-order valence-electron chi connectivity index (χ4n) is 3.40. The largest absolute Gasteiger partial charge is 0.492 e. The van der Waals surface area contributed by atoms with Crippen molar-refractivity contribution in [2.45, 2.75) is 18.9 Å². The maximum atomic E-state index is 12.3. The Bertz CT molecular complexity index is 943. The quantitative estimate of drug-likeness (QED) is 0.670. The third-order valence-electron chi connectivity index (χ3n) is 5.09. The number of likely N-dealkylation sites (tertiary alicyclic amines) is 1. The molecule has 168 valence electrons. The molecule has 1 amide bonds. The standard InChI is InChI=1S/C22H29N3O5S/c1-24(19-6-4-3-5-7-19)22(26)30-21-10-8-20(9-11-21)29-17-16-25-14-12-18(13-15-25)23-31(2,27)28/h3-11,18,23H,12-17H2,1-2H3. The van der Waals surface area contributed by atoms with E-state index in [1.165, 1.54) is 11.2 Å². The molecular weight excluding hydrogens is 418 g/mol. The molecule has 2 aromatic rings. The van der Waals surface area contributed by atoms with Gasteiger partial charge in [0.25, 0.3) is 0 Å². The second kappa shape index (κ2) is 10.6. The molecule has 0 radical (unpaired) electrons. The topological polar surface area (TPSA) is 88.2 Å². The summed E-state index contributed by atoms with van der Waals surface area (Å²) in [6.07, 6.45) is 2.32. The summed E-state index contributed by atoms with van der Waals surface area (Å²) < 4.78 is 36.5. The molecule has 9 heteroatoms. The van der Waals surface area contributed by atoms with Crippen LogP contribution in [0.4, 0.5) is 10.5 Å². The average molecular weight is 448 g/mol.